The summed E-state index contributed by atoms with van der Waals surface area (Å²) in [6.45, 7) is 1.80. The summed E-state index contributed by atoms with van der Waals surface area (Å²) in [5.74, 6) is 4.95. The van der Waals surface area contributed by atoms with E-state index < -0.39 is 5.97 Å². The molecule has 0 aliphatic heterocycles. The molecule has 2 nitrogen and oxygen atoms in total. The molecule has 0 fully saturated rings. The molecule has 0 spiro atoms. The van der Waals surface area contributed by atoms with Crippen LogP contribution in [0.1, 0.15) is 32.6 Å². The van der Waals surface area contributed by atoms with Crippen LogP contribution >= 0.6 is 0 Å². The fourth-order valence-electron chi connectivity index (χ4n) is 0.733. The zero-order chi connectivity index (χ0) is 9.23. The molecular formula is C10H14O2. The van der Waals surface area contributed by atoms with Gasteiger partial charge in [-0.25, -0.2) is 0 Å². The fourth-order valence-corrected chi connectivity index (χ4v) is 0.733. The van der Waals surface area contributed by atoms with E-state index in [1.807, 2.05) is 12.2 Å². The fraction of sp³-hybridized carbons (Fsp3) is 0.500. The molecule has 0 heterocycles. The lowest BCUT2D eigenvalue weighted by Crippen LogP contribution is -1.92. The molecule has 0 aromatic heterocycles. The van der Waals surface area contributed by atoms with Gasteiger partial charge in [-0.15, -0.1) is 5.92 Å². The minimum atomic E-state index is -0.725. The summed E-state index contributed by atoms with van der Waals surface area (Å²) < 4.78 is 0. The van der Waals surface area contributed by atoms with Crippen LogP contribution in [0.3, 0.4) is 0 Å². The second-order valence-corrected chi connectivity index (χ2v) is 2.39. The third-order valence-corrected chi connectivity index (χ3v) is 1.32. The zero-order valence-electron chi connectivity index (χ0n) is 7.34. The Morgan fingerprint density at radius 3 is 2.83 bits per heavy atom. The van der Waals surface area contributed by atoms with Gasteiger partial charge in [0.05, 0.1) is 0 Å². The lowest BCUT2D eigenvalue weighted by atomic mass is 10.2. The normalized spacial score (nSPS) is 9.42. The largest absolute Gasteiger partial charge is 0.481 e. The second-order valence-electron chi connectivity index (χ2n) is 2.39. The molecule has 1 N–H and O–H groups in total. The van der Waals surface area contributed by atoms with E-state index in [9.17, 15) is 4.79 Å². The standard InChI is InChI=1S/C10H14O2/c1-2-3-4-5-6-7-8-9-10(11)12/h5-6H,4,7-9H2,1H3,(H,11,12)/b6-5-. The average Bonchev–Trinajstić information content (AvgIpc) is 2.02. The first kappa shape index (κ1) is 10.8. The molecule has 0 aromatic carbocycles. The molecule has 0 aliphatic carbocycles. The summed E-state index contributed by atoms with van der Waals surface area (Å²) in [6.07, 6.45) is 6.52. The molecule has 66 valence electrons. The number of aliphatic carboxylic acids is 1. The maximum Gasteiger partial charge on any atom is 0.303 e. The van der Waals surface area contributed by atoms with Crippen molar-refractivity contribution in [2.75, 3.05) is 0 Å². The summed E-state index contributed by atoms with van der Waals surface area (Å²) in [5, 5.41) is 8.31. The van der Waals surface area contributed by atoms with Gasteiger partial charge in [0.25, 0.3) is 0 Å². The highest BCUT2D eigenvalue weighted by Crippen LogP contribution is 1.96. The van der Waals surface area contributed by atoms with E-state index in [2.05, 4.69) is 11.8 Å². The van der Waals surface area contributed by atoms with Crippen molar-refractivity contribution in [2.24, 2.45) is 0 Å². The smallest absolute Gasteiger partial charge is 0.303 e. The molecule has 12 heavy (non-hydrogen) atoms. The van der Waals surface area contributed by atoms with Crippen molar-refractivity contribution in [3.05, 3.63) is 12.2 Å². The molecule has 0 aromatic rings. The van der Waals surface area contributed by atoms with E-state index >= 15 is 0 Å². The maximum absolute atomic E-state index is 10.1. The Hall–Kier alpha value is -1.23. The van der Waals surface area contributed by atoms with Crippen molar-refractivity contribution in [1.82, 2.24) is 0 Å². The van der Waals surface area contributed by atoms with Gasteiger partial charge >= 0.3 is 5.97 Å². The van der Waals surface area contributed by atoms with Gasteiger partial charge in [0.2, 0.25) is 0 Å². The van der Waals surface area contributed by atoms with Gasteiger partial charge in [0.1, 0.15) is 0 Å². The van der Waals surface area contributed by atoms with Gasteiger partial charge < -0.3 is 5.11 Å². The van der Waals surface area contributed by atoms with Gasteiger partial charge in [0.15, 0.2) is 0 Å². The highest BCUT2D eigenvalue weighted by atomic mass is 16.4. The molecule has 0 amide bonds. The predicted molar refractivity (Wildman–Crippen MR) is 48.7 cm³/mol. The molecule has 0 radical (unpaired) electrons. The van der Waals surface area contributed by atoms with E-state index in [1.165, 1.54) is 0 Å². The lowest BCUT2D eigenvalue weighted by molar-refractivity contribution is -0.137. The zero-order valence-corrected chi connectivity index (χ0v) is 7.34. The minimum absolute atomic E-state index is 0.254. The Labute approximate surface area is 73.3 Å². The van der Waals surface area contributed by atoms with Crippen molar-refractivity contribution in [3.8, 4) is 11.8 Å². The van der Waals surface area contributed by atoms with Gasteiger partial charge in [-0.1, -0.05) is 18.1 Å². The van der Waals surface area contributed by atoms with Crippen LogP contribution in [0.5, 0.6) is 0 Å². The highest BCUT2D eigenvalue weighted by Gasteiger charge is 1.92. The number of allylic oxidation sites excluding steroid dienone is 2. The summed E-state index contributed by atoms with van der Waals surface area (Å²) in [7, 11) is 0. The van der Waals surface area contributed by atoms with Crippen molar-refractivity contribution in [2.45, 2.75) is 32.6 Å². The number of hydrogen-bond acceptors (Lipinski definition) is 1. The Morgan fingerprint density at radius 1 is 1.50 bits per heavy atom. The molecular weight excluding hydrogens is 152 g/mol. The molecule has 0 atom stereocenters. The van der Waals surface area contributed by atoms with Crippen molar-refractivity contribution >= 4 is 5.97 Å². The number of hydrogen-bond donors (Lipinski definition) is 1. The lowest BCUT2D eigenvalue weighted by Gasteiger charge is -1.89. The number of carbonyl (C=O) groups is 1. The summed E-state index contributed by atoms with van der Waals surface area (Å²) >= 11 is 0. The van der Waals surface area contributed by atoms with Gasteiger partial charge in [-0.05, 0) is 19.8 Å². The minimum Gasteiger partial charge on any atom is -0.481 e. The van der Waals surface area contributed by atoms with E-state index in [1.54, 1.807) is 6.92 Å². The van der Waals surface area contributed by atoms with Crippen LogP contribution < -0.4 is 0 Å². The van der Waals surface area contributed by atoms with E-state index in [4.69, 9.17) is 5.11 Å². The van der Waals surface area contributed by atoms with Crippen molar-refractivity contribution < 1.29 is 9.90 Å². The van der Waals surface area contributed by atoms with Crippen LogP contribution in [0.4, 0.5) is 0 Å². The Bertz CT molecular complexity index is 206. The van der Waals surface area contributed by atoms with Crippen molar-refractivity contribution in [3.63, 3.8) is 0 Å². The summed E-state index contributed by atoms with van der Waals surface area (Å²) in [5.41, 5.74) is 0. The second kappa shape index (κ2) is 7.87. The number of carboxylic acid groups (broad SMARTS) is 1. The third kappa shape index (κ3) is 8.77. The van der Waals surface area contributed by atoms with E-state index in [0.29, 0.717) is 6.42 Å². The SMILES string of the molecule is CC#CC/C=C\CCCC(=O)O. The van der Waals surface area contributed by atoms with E-state index in [0.717, 1.165) is 12.8 Å². The summed E-state index contributed by atoms with van der Waals surface area (Å²) in [4.78, 5) is 10.1. The van der Waals surface area contributed by atoms with Crippen LogP contribution in [-0.2, 0) is 4.79 Å². The summed E-state index contributed by atoms with van der Waals surface area (Å²) in [6, 6.07) is 0. The van der Waals surface area contributed by atoms with Gasteiger partial charge in [-0.3, -0.25) is 4.79 Å². The van der Waals surface area contributed by atoms with Crippen molar-refractivity contribution in [1.29, 1.82) is 0 Å². The molecule has 0 rings (SSSR count). The average molecular weight is 166 g/mol. The first-order valence-electron chi connectivity index (χ1n) is 4.03. The Balaban J connectivity index is 3.22. The topological polar surface area (TPSA) is 37.3 Å². The molecule has 0 saturated heterocycles. The van der Waals surface area contributed by atoms with Crippen LogP contribution in [0, 0.1) is 11.8 Å². The molecule has 0 aliphatic rings. The number of carboxylic acids is 1. The maximum atomic E-state index is 10.1. The highest BCUT2D eigenvalue weighted by molar-refractivity contribution is 5.66. The van der Waals surface area contributed by atoms with Crippen LogP contribution in [0.15, 0.2) is 12.2 Å². The van der Waals surface area contributed by atoms with Crippen LogP contribution in [-0.4, -0.2) is 11.1 Å². The third-order valence-electron chi connectivity index (χ3n) is 1.32. The van der Waals surface area contributed by atoms with Crippen LogP contribution in [0.25, 0.3) is 0 Å². The molecule has 0 saturated carbocycles. The Kier molecular flexibility index (Phi) is 7.07. The van der Waals surface area contributed by atoms with Gasteiger partial charge in [0, 0.05) is 12.8 Å². The number of unbranched alkanes of at least 4 members (excludes halogenated alkanes) is 1. The molecule has 2 heteroatoms. The van der Waals surface area contributed by atoms with E-state index in [-0.39, 0.29) is 6.42 Å². The monoisotopic (exact) mass is 166 g/mol. The van der Waals surface area contributed by atoms with Crippen LogP contribution in [0.2, 0.25) is 0 Å². The Morgan fingerprint density at radius 2 is 2.25 bits per heavy atom. The molecule has 0 unspecified atom stereocenters. The molecule has 0 bridgehead atoms. The first-order chi connectivity index (χ1) is 5.77. The first-order valence-corrected chi connectivity index (χ1v) is 4.03. The quantitative estimate of drug-likeness (QED) is 0.386. The van der Waals surface area contributed by atoms with Gasteiger partial charge in [-0.2, -0.15) is 0 Å². The predicted octanol–water partition coefficient (Wildman–Crippen LogP) is 2.21. The number of rotatable bonds is 5.